The van der Waals surface area contributed by atoms with E-state index in [4.69, 9.17) is 10.00 Å². The zero-order valence-corrected chi connectivity index (χ0v) is 15.2. The second-order valence-corrected chi connectivity index (χ2v) is 6.63. The van der Waals surface area contributed by atoms with Gasteiger partial charge in [-0.25, -0.2) is 18.0 Å². The van der Waals surface area contributed by atoms with Crippen LogP contribution >= 0.6 is 0 Å². The number of hydrogen-bond acceptors (Lipinski definition) is 4. The van der Waals surface area contributed by atoms with Gasteiger partial charge in [0.05, 0.1) is 30.2 Å². The first kappa shape index (κ1) is 19.5. The van der Waals surface area contributed by atoms with Crippen LogP contribution in [0, 0.1) is 28.8 Å². The molecule has 1 unspecified atom stereocenters. The molecule has 4 rings (SSSR count). The van der Waals surface area contributed by atoms with Crippen LogP contribution in [-0.4, -0.2) is 17.6 Å². The number of aromatic amines is 1. The maximum Gasteiger partial charge on any atom is 0.319 e. The van der Waals surface area contributed by atoms with E-state index in [1.54, 1.807) is 6.07 Å². The molecular formula is C20H13F3N4O3. The first-order valence-corrected chi connectivity index (χ1v) is 8.76. The van der Waals surface area contributed by atoms with Crippen molar-refractivity contribution in [3.8, 4) is 6.07 Å². The maximum absolute atomic E-state index is 13.9. The lowest BCUT2D eigenvalue weighted by molar-refractivity contribution is 0.0826. The summed E-state index contributed by atoms with van der Waals surface area (Å²) >= 11 is 0. The van der Waals surface area contributed by atoms with Crippen LogP contribution in [0.2, 0.25) is 0 Å². The van der Waals surface area contributed by atoms with E-state index in [1.165, 1.54) is 12.1 Å². The Morgan fingerprint density at radius 2 is 1.87 bits per heavy atom. The smallest absolute Gasteiger partial charge is 0.319 e. The molecule has 10 heteroatoms. The number of hydrogen-bond donors (Lipinski definition) is 3. The lowest BCUT2D eigenvalue weighted by atomic mass is 9.96. The fourth-order valence-corrected chi connectivity index (χ4v) is 3.39. The predicted molar refractivity (Wildman–Crippen MR) is 100 cm³/mol. The number of carbonyl (C=O) groups is 1. The molecule has 0 aliphatic carbocycles. The number of carbonyl (C=O) groups excluding carboxylic acids is 1. The van der Waals surface area contributed by atoms with Gasteiger partial charge in [0.15, 0.2) is 11.6 Å². The number of rotatable bonds is 2. The number of H-pyrrole nitrogens is 1. The van der Waals surface area contributed by atoms with Crippen molar-refractivity contribution >= 4 is 22.5 Å². The Morgan fingerprint density at radius 3 is 2.60 bits per heavy atom. The lowest BCUT2D eigenvalue weighted by Gasteiger charge is -2.27. The van der Waals surface area contributed by atoms with Gasteiger partial charge >= 0.3 is 6.03 Å². The summed E-state index contributed by atoms with van der Waals surface area (Å²) < 4.78 is 46.3. The van der Waals surface area contributed by atoms with Gasteiger partial charge in [0.1, 0.15) is 11.9 Å². The van der Waals surface area contributed by atoms with Gasteiger partial charge in [0, 0.05) is 16.9 Å². The number of aromatic nitrogens is 1. The largest absolute Gasteiger partial charge is 0.373 e. The van der Waals surface area contributed by atoms with Crippen LogP contribution in [0.15, 0.2) is 35.1 Å². The van der Waals surface area contributed by atoms with Crippen molar-refractivity contribution in [3.05, 3.63) is 75.0 Å². The van der Waals surface area contributed by atoms with E-state index in [0.717, 1.165) is 18.2 Å². The van der Waals surface area contributed by atoms with Crippen molar-refractivity contribution in [2.24, 2.45) is 0 Å². The molecule has 2 amide bonds. The highest BCUT2D eigenvalue weighted by Crippen LogP contribution is 2.30. The molecule has 1 aliphatic rings. The molecule has 2 heterocycles. The normalized spacial score (nSPS) is 15.3. The summed E-state index contributed by atoms with van der Waals surface area (Å²) in [5.41, 5.74) is 0.0825. The van der Waals surface area contributed by atoms with Crippen molar-refractivity contribution in [2.75, 3.05) is 11.9 Å². The van der Waals surface area contributed by atoms with Gasteiger partial charge in [-0.1, -0.05) is 0 Å². The SMILES string of the molecule is N#Cc1cc(NC(=O)NC2COCc3[nH]c(=O)c4cc(F)c(F)cc4c32)ccc1F. The molecule has 1 aliphatic heterocycles. The number of nitriles is 1. The van der Waals surface area contributed by atoms with Crippen LogP contribution in [0.4, 0.5) is 23.7 Å². The van der Waals surface area contributed by atoms with E-state index in [-0.39, 0.29) is 35.2 Å². The van der Waals surface area contributed by atoms with Crippen LogP contribution in [0.1, 0.15) is 22.9 Å². The minimum atomic E-state index is -1.16. The number of urea groups is 1. The highest BCUT2D eigenvalue weighted by Gasteiger charge is 2.27. The van der Waals surface area contributed by atoms with Gasteiger partial charge < -0.3 is 20.4 Å². The van der Waals surface area contributed by atoms with E-state index < -0.39 is 35.1 Å². The number of nitrogens with zero attached hydrogens (tertiary/aromatic N) is 1. The molecule has 1 aromatic heterocycles. The number of amides is 2. The minimum Gasteiger partial charge on any atom is -0.373 e. The van der Waals surface area contributed by atoms with E-state index >= 15 is 0 Å². The summed E-state index contributed by atoms with van der Waals surface area (Å²) in [6.45, 7) is 0.0518. The molecule has 0 spiro atoms. The van der Waals surface area contributed by atoms with Gasteiger partial charge in [-0.3, -0.25) is 4.79 Å². The number of pyridine rings is 1. The molecule has 0 saturated carbocycles. The molecule has 0 radical (unpaired) electrons. The van der Waals surface area contributed by atoms with Crippen LogP contribution in [-0.2, 0) is 11.3 Å². The third-order valence-electron chi connectivity index (χ3n) is 4.71. The maximum atomic E-state index is 13.9. The summed E-state index contributed by atoms with van der Waals surface area (Å²) in [4.78, 5) is 27.2. The van der Waals surface area contributed by atoms with Crippen molar-refractivity contribution in [3.63, 3.8) is 0 Å². The fraction of sp³-hybridized carbons (Fsp3) is 0.150. The van der Waals surface area contributed by atoms with E-state index in [9.17, 15) is 22.8 Å². The Kier molecular flexibility index (Phi) is 4.89. The summed E-state index contributed by atoms with van der Waals surface area (Å²) in [7, 11) is 0. The number of halogens is 3. The topological polar surface area (TPSA) is 107 Å². The molecule has 0 bridgehead atoms. The Hall–Kier alpha value is -3.84. The number of benzene rings is 2. The predicted octanol–water partition coefficient (Wildman–Crippen LogP) is 3.21. The Bertz CT molecular complexity index is 1280. The monoisotopic (exact) mass is 414 g/mol. The van der Waals surface area contributed by atoms with E-state index in [2.05, 4.69) is 15.6 Å². The zero-order chi connectivity index (χ0) is 21.4. The van der Waals surface area contributed by atoms with Crippen molar-refractivity contribution in [1.29, 1.82) is 5.26 Å². The highest BCUT2D eigenvalue weighted by molar-refractivity contribution is 5.91. The number of fused-ring (bicyclic) bond motifs is 3. The summed E-state index contributed by atoms with van der Waals surface area (Å²) in [6.07, 6.45) is 0. The summed E-state index contributed by atoms with van der Waals surface area (Å²) in [6, 6.07) is 5.40. The molecule has 1 atom stereocenters. The third-order valence-corrected chi connectivity index (χ3v) is 4.71. The second kappa shape index (κ2) is 7.53. The fourth-order valence-electron chi connectivity index (χ4n) is 3.39. The molecule has 2 aromatic carbocycles. The third kappa shape index (κ3) is 3.46. The zero-order valence-electron chi connectivity index (χ0n) is 15.2. The second-order valence-electron chi connectivity index (χ2n) is 6.63. The number of anilines is 1. The molecule has 3 aromatic rings. The van der Waals surface area contributed by atoms with Crippen LogP contribution in [0.5, 0.6) is 0 Å². The van der Waals surface area contributed by atoms with Crippen LogP contribution in [0.25, 0.3) is 10.8 Å². The van der Waals surface area contributed by atoms with E-state index in [1.807, 2.05) is 0 Å². The highest BCUT2D eigenvalue weighted by atomic mass is 19.2. The van der Waals surface area contributed by atoms with Gasteiger partial charge in [-0.15, -0.1) is 0 Å². The molecule has 3 N–H and O–H groups in total. The first-order chi connectivity index (χ1) is 14.4. The van der Waals surface area contributed by atoms with Gasteiger partial charge in [-0.2, -0.15) is 5.26 Å². The molecule has 0 saturated heterocycles. The Labute approximate surface area is 167 Å². The van der Waals surface area contributed by atoms with Gasteiger partial charge in [0.2, 0.25) is 0 Å². The van der Waals surface area contributed by atoms with Gasteiger partial charge in [-0.05, 0) is 35.7 Å². The van der Waals surface area contributed by atoms with E-state index in [0.29, 0.717) is 11.3 Å². The van der Waals surface area contributed by atoms with Gasteiger partial charge in [0.25, 0.3) is 5.56 Å². The Balaban J connectivity index is 1.67. The molecule has 7 nitrogen and oxygen atoms in total. The first-order valence-electron chi connectivity index (χ1n) is 8.76. The minimum absolute atomic E-state index is 0.0213. The van der Waals surface area contributed by atoms with Crippen LogP contribution in [0.3, 0.4) is 0 Å². The van der Waals surface area contributed by atoms with Crippen molar-refractivity contribution in [1.82, 2.24) is 10.3 Å². The van der Waals surface area contributed by atoms with Crippen molar-refractivity contribution < 1.29 is 22.7 Å². The average molecular weight is 414 g/mol. The quantitative estimate of drug-likeness (QED) is 0.599. The molecule has 30 heavy (non-hydrogen) atoms. The van der Waals surface area contributed by atoms with Crippen LogP contribution < -0.4 is 16.2 Å². The number of nitrogens with one attached hydrogen (secondary N) is 3. The standard InChI is InChI=1S/C20H13F3N4O3/c21-13-2-1-10(3-9(13)6-24)25-20(29)27-17-8-30-7-16-18(17)11-4-14(22)15(23)5-12(11)19(28)26-16/h1-5,17H,7-8H2,(H,26,28)(H2,25,27,29). The average Bonchev–Trinajstić information content (AvgIpc) is 2.71. The molecule has 0 fully saturated rings. The molecular weight excluding hydrogens is 401 g/mol. The summed E-state index contributed by atoms with van der Waals surface area (Å²) in [5.74, 6) is -3.00. The summed E-state index contributed by atoms with van der Waals surface area (Å²) in [5, 5.41) is 14.1. The number of ether oxygens (including phenoxy) is 1. The molecule has 152 valence electrons. The Morgan fingerprint density at radius 1 is 1.13 bits per heavy atom. The lowest BCUT2D eigenvalue weighted by Crippen LogP contribution is -2.38. The van der Waals surface area contributed by atoms with Crippen molar-refractivity contribution in [2.45, 2.75) is 12.6 Å².